The van der Waals surface area contributed by atoms with Gasteiger partial charge in [-0.2, -0.15) is 0 Å². The van der Waals surface area contributed by atoms with Gasteiger partial charge in [0, 0.05) is 10.1 Å². The molecule has 0 aliphatic rings. The second-order valence-electron chi connectivity index (χ2n) is 7.18. The second kappa shape index (κ2) is 8.47. The molecule has 0 saturated carbocycles. The monoisotopic (exact) mass is 511 g/mol. The van der Waals surface area contributed by atoms with Crippen molar-refractivity contribution in [3.63, 3.8) is 0 Å². The van der Waals surface area contributed by atoms with Gasteiger partial charge in [0.15, 0.2) is 0 Å². The lowest BCUT2D eigenvalue weighted by atomic mass is 10.1. The third-order valence-corrected chi connectivity index (χ3v) is 5.77. The van der Waals surface area contributed by atoms with E-state index in [0.29, 0.717) is 23.4 Å². The first-order chi connectivity index (χ1) is 14.5. The lowest BCUT2D eigenvalue weighted by Crippen LogP contribution is -2.25. The van der Waals surface area contributed by atoms with Crippen molar-refractivity contribution in [2.24, 2.45) is 0 Å². The Kier molecular flexibility index (Phi) is 5.76. The number of anilines is 1. The highest BCUT2D eigenvalue weighted by Crippen LogP contribution is 2.23. The summed E-state index contributed by atoms with van der Waals surface area (Å²) < 4.78 is 7.94. The van der Waals surface area contributed by atoms with Gasteiger partial charge in [0.2, 0.25) is 5.95 Å². The molecule has 4 rings (SSSR count). The van der Waals surface area contributed by atoms with Crippen molar-refractivity contribution in [1.29, 1.82) is 0 Å². The van der Waals surface area contributed by atoms with Gasteiger partial charge >= 0.3 is 0 Å². The maximum atomic E-state index is 13.6. The Morgan fingerprint density at radius 1 is 1.03 bits per heavy atom. The van der Waals surface area contributed by atoms with Gasteiger partial charge < -0.3 is 10.1 Å². The normalized spacial score (nSPS) is 10.9. The molecule has 0 saturated heterocycles. The molecule has 6 heteroatoms. The predicted molar refractivity (Wildman–Crippen MR) is 130 cm³/mol. The summed E-state index contributed by atoms with van der Waals surface area (Å²) in [5.74, 6) is 1.34. The molecule has 0 unspecified atom stereocenters. The standard InChI is InChI=1S/C24H22IN3O2/c1-15-5-4-6-16(2)22(15)28-23(29)20-13-18(25)9-12-21(20)27-24(28)26-14-17-7-10-19(30-3)11-8-17/h4-13H,14H2,1-3H3,(H,26,27). The minimum atomic E-state index is -0.0758. The van der Waals surface area contributed by atoms with Crippen LogP contribution in [-0.2, 0) is 6.54 Å². The molecule has 0 spiro atoms. The van der Waals surface area contributed by atoms with Crippen LogP contribution < -0.4 is 15.6 Å². The summed E-state index contributed by atoms with van der Waals surface area (Å²) in [6.07, 6.45) is 0. The van der Waals surface area contributed by atoms with Crippen molar-refractivity contribution in [2.75, 3.05) is 12.4 Å². The zero-order valence-corrected chi connectivity index (χ0v) is 19.2. The number of methoxy groups -OCH3 is 1. The van der Waals surface area contributed by atoms with Crippen LogP contribution >= 0.6 is 22.6 Å². The number of para-hydroxylation sites is 1. The summed E-state index contributed by atoms with van der Waals surface area (Å²) in [7, 11) is 1.65. The van der Waals surface area contributed by atoms with Crippen molar-refractivity contribution < 1.29 is 4.74 Å². The second-order valence-corrected chi connectivity index (χ2v) is 8.43. The van der Waals surface area contributed by atoms with Gasteiger partial charge in [-0.05, 0) is 83.5 Å². The van der Waals surface area contributed by atoms with Gasteiger partial charge in [-0.15, -0.1) is 0 Å². The van der Waals surface area contributed by atoms with E-state index in [9.17, 15) is 4.79 Å². The van der Waals surface area contributed by atoms with E-state index in [1.165, 1.54) is 0 Å². The van der Waals surface area contributed by atoms with Gasteiger partial charge in [0.05, 0.1) is 23.7 Å². The zero-order chi connectivity index (χ0) is 21.3. The van der Waals surface area contributed by atoms with Crippen LogP contribution in [-0.4, -0.2) is 16.7 Å². The molecule has 5 nitrogen and oxygen atoms in total. The number of hydrogen-bond acceptors (Lipinski definition) is 4. The van der Waals surface area contributed by atoms with E-state index in [4.69, 9.17) is 9.72 Å². The lowest BCUT2D eigenvalue weighted by Gasteiger charge is -2.18. The molecule has 30 heavy (non-hydrogen) atoms. The highest BCUT2D eigenvalue weighted by molar-refractivity contribution is 14.1. The number of nitrogens with one attached hydrogen (secondary N) is 1. The first kappa shape index (κ1) is 20.4. The number of ether oxygens (including phenoxy) is 1. The van der Waals surface area contributed by atoms with Crippen LogP contribution in [0.2, 0.25) is 0 Å². The first-order valence-corrected chi connectivity index (χ1v) is 10.7. The van der Waals surface area contributed by atoms with Gasteiger partial charge in [-0.3, -0.25) is 4.79 Å². The minimum Gasteiger partial charge on any atom is -0.497 e. The maximum Gasteiger partial charge on any atom is 0.267 e. The number of aryl methyl sites for hydroxylation is 2. The molecule has 0 amide bonds. The van der Waals surface area contributed by atoms with E-state index in [-0.39, 0.29) is 5.56 Å². The Bertz CT molecular complexity index is 1260. The smallest absolute Gasteiger partial charge is 0.267 e. The van der Waals surface area contributed by atoms with Crippen LogP contribution in [0.25, 0.3) is 16.6 Å². The number of halogens is 1. The average molecular weight is 511 g/mol. The number of rotatable bonds is 5. The molecule has 3 aromatic carbocycles. The summed E-state index contributed by atoms with van der Waals surface area (Å²) in [5.41, 5.74) is 4.59. The van der Waals surface area contributed by atoms with Crippen molar-refractivity contribution in [3.05, 3.63) is 91.3 Å². The van der Waals surface area contributed by atoms with Crippen molar-refractivity contribution in [2.45, 2.75) is 20.4 Å². The van der Waals surface area contributed by atoms with Crippen LogP contribution in [0, 0.1) is 17.4 Å². The number of benzene rings is 3. The molecule has 0 radical (unpaired) electrons. The molecule has 0 aliphatic carbocycles. The first-order valence-electron chi connectivity index (χ1n) is 9.63. The van der Waals surface area contributed by atoms with E-state index in [2.05, 4.69) is 27.9 Å². The van der Waals surface area contributed by atoms with Gasteiger partial charge in [-0.1, -0.05) is 30.3 Å². The number of nitrogens with zero attached hydrogens (tertiary/aromatic N) is 2. The number of hydrogen-bond donors (Lipinski definition) is 1. The number of aromatic nitrogens is 2. The minimum absolute atomic E-state index is 0.0758. The largest absolute Gasteiger partial charge is 0.497 e. The molecule has 1 aromatic heterocycles. The van der Waals surface area contributed by atoms with Crippen LogP contribution in [0.5, 0.6) is 5.75 Å². The van der Waals surface area contributed by atoms with Crippen molar-refractivity contribution in [1.82, 2.24) is 9.55 Å². The Hall–Kier alpha value is -2.87. The quantitative estimate of drug-likeness (QED) is 0.373. The molecule has 152 valence electrons. The van der Waals surface area contributed by atoms with Crippen LogP contribution in [0.4, 0.5) is 5.95 Å². The fraction of sp³-hybridized carbons (Fsp3) is 0.167. The third-order valence-electron chi connectivity index (χ3n) is 5.10. The third kappa shape index (κ3) is 3.92. The van der Waals surface area contributed by atoms with E-state index in [1.54, 1.807) is 11.7 Å². The topological polar surface area (TPSA) is 56.1 Å². The van der Waals surface area contributed by atoms with Gasteiger partial charge in [-0.25, -0.2) is 9.55 Å². The Labute approximate surface area is 188 Å². The molecule has 4 aromatic rings. The molecular formula is C24H22IN3O2. The SMILES string of the molecule is COc1ccc(CNc2nc3ccc(I)cc3c(=O)n2-c2c(C)cccc2C)cc1. The molecule has 0 bridgehead atoms. The number of fused-ring (bicyclic) bond motifs is 1. The fourth-order valence-corrected chi connectivity index (χ4v) is 4.06. The fourth-order valence-electron chi connectivity index (χ4n) is 3.57. The van der Waals surface area contributed by atoms with Gasteiger partial charge in [0.25, 0.3) is 5.56 Å². The molecule has 1 N–H and O–H groups in total. The highest BCUT2D eigenvalue weighted by atomic mass is 127. The van der Waals surface area contributed by atoms with E-state index in [0.717, 1.165) is 31.7 Å². The van der Waals surface area contributed by atoms with Crippen LogP contribution in [0.3, 0.4) is 0 Å². The summed E-state index contributed by atoms with van der Waals surface area (Å²) in [5, 5.41) is 3.99. The highest BCUT2D eigenvalue weighted by Gasteiger charge is 2.16. The molecule has 0 aliphatic heterocycles. The lowest BCUT2D eigenvalue weighted by molar-refractivity contribution is 0.414. The molecule has 0 fully saturated rings. The molecule has 0 atom stereocenters. The summed E-state index contributed by atoms with van der Waals surface area (Å²) in [6.45, 7) is 4.57. The Balaban J connectivity index is 1.86. The Morgan fingerprint density at radius 3 is 2.40 bits per heavy atom. The molecular weight excluding hydrogens is 489 g/mol. The van der Waals surface area contributed by atoms with E-state index < -0.39 is 0 Å². The van der Waals surface area contributed by atoms with Gasteiger partial charge in [0.1, 0.15) is 5.75 Å². The summed E-state index contributed by atoms with van der Waals surface area (Å²) in [4.78, 5) is 18.4. The van der Waals surface area contributed by atoms with Crippen LogP contribution in [0.15, 0.2) is 65.5 Å². The van der Waals surface area contributed by atoms with Crippen molar-refractivity contribution in [3.8, 4) is 11.4 Å². The van der Waals surface area contributed by atoms with Crippen molar-refractivity contribution >= 4 is 39.4 Å². The van der Waals surface area contributed by atoms with Crippen LogP contribution in [0.1, 0.15) is 16.7 Å². The zero-order valence-electron chi connectivity index (χ0n) is 17.1. The Morgan fingerprint density at radius 2 is 1.73 bits per heavy atom. The molecule has 1 heterocycles. The summed E-state index contributed by atoms with van der Waals surface area (Å²) >= 11 is 2.22. The average Bonchev–Trinajstić information content (AvgIpc) is 2.74. The van der Waals surface area contributed by atoms with E-state index in [1.807, 2.05) is 74.5 Å². The van der Waals surface area contributed by atoms with E-state index >= 15 is 0 Å². The summed E-state index contributed by atoms with van der Waals surface area (Å²) in [6, 6.07) is 19.6. The predicted octanol–water partition coefficient (Wildman–Crippen LogP) is 5.23. The maximum absolute atomic E-state index is 13.6.